The zero-order valence-corrected chi connectivity index (χ0v) is 13.2. The quantitative estimate of drug-likeness (QED) is 0.280. The molecule has 0 saturated heterocycles. The fraction of sp³-hybridized carbons (Fsp3) is 0.467. The summed E-state index contributed by atoms with van der Waals surface area (Å²) >= 11 is 0. The van der Waals surface area contributed by atoms with Crippen LogP contribution in [-0.2, 0) is 4.74 Å². The minimum absolute atomic E-state index is 0.0329. The van der Waals surface area contributed by atoms with Crippen LogP contribution in [-0.4, -0.2) is 87.6 Å². The molecule has 0 saturated carbocycles. The highest BCUT2D eigenvalue weighted by Crippen LogP contribution is 2.16. The van der Waals surface area contributed by atoms with E-state index in [2.05, 4.69) is 4.74 Å². The molecule has 0 aliphatic heterocycles. The lowest BCUT2D eigenvalue weighted by Crippen LogP contribution is -2.53. The smallest absolute Gasteiger partial charge is 0.338 e. The van der Waals surface area contributed by atoms with Gasteiger partial charge < -0.3 is 35.2 Å². The molecule has 4 atom stereocenters. The van der Waals surface area contributed by atoms with E-state index in [4.69, 9.17) is 5.11 Å². The number of hydrogen-bond donors (Lipinski definition) is 5. The number of esters is 1. The Morgan fingerprint density at radius 3 is 2.12 bits per heavy atom. The predicted octanol–water partition coefficient (Wildman–Crippen LogP) is -2.06. The van der Waals surface area contributed by atoms with E-state index in [1.54, 1.807) is 0 Å². The molecule has 0 aliphatic rings. The van der Waals surface area contributed by atoms with Crippen LogP contribution in [0.5, 0.6) is 0 Å². The van der Waals surface area contributed by atoms with Crippen LogP contribution in [0.2, 0.25) is 0 Å². The molecule has 0 fully saturated rings. The molecule has 0 aromatic heterocycles. The lowest BCUT2D eigenvalue weighted by Gasteiger charge is -2.31. The molecule has 1 rings (SSSR count). The van der Waals surface area contributed by atoms with Crippen LogP contribution in [0.3, 0.4) is 0 Å². The van der Waals surface area contributed by atoms with Gasteiger partial charge in [-0.15, -0.1) is 0 Å². The SMILES string of the molecule is COC(=O)c1ccccc1C(=O)N(C)C(O)C(O)C(O)C(O)CO. The number of aliphatic hydroxyl groups excluding tert-OH is 5. The zero-order valence-electron chi connectivity index (χ0n) is 13.2. The highest BCUT2D eigenvalue weighted by molar-refractivity contribution is 6.05. The molecular formula is C15H21NO8. The fourth-order valence-corrected chi connectivity index (χ4v) is 2.01. The van der Waals surface area contributed by atoms with Crippen LogP contribution in [0.4, 0.5) is 0 Å². The van der Waals surface area contributed by atoms with Crippen molar-refractivity contribution in [3.05, 3.63) is 35.4 Å². The monoisotopic (exact) mass is 343 g/mol. The summed E-state index contributed by atoms with van der Waals surface area (Å²) in [5, 5.41) is 47.5. The number of benzene rings is 1. The Labute approximate surface area is 138 Å². The maximum atomic E-state index is 12.4. The summed E-state index contributed by atoms with van der Waals surface area (Å²) in [7, 11) is 2.29. The number of carbonyl (C=O) groups is 2. The van der Waals surface area contributed by atoms with E-state index in [-0.39, 0.29) is 11.1 Å². The third kappa shape index (κ3) is 4.28. The normalized spacial score (nSPS) is 16.0. The van der Waals surface area contributed by atoms with Gasteiger partial charge >= 0.3 is 5.97 Å². The van der Waals surface area contributed by atoms with E-state index in [1.807, 2.05) is 0 Å². The number of likely N-dealkylation sites (N-methyl/N-ethyl adjacent to an activating group) is 1. The Morgan fingerprint density at radius 2 is 1.62 bits per heavy atom. The van der Waals surface area contributed by atoms with Crippen LogP contribution in [0.1, 0.15) is 20.7 Å². The predicted molar refractivity (Wildman–Crippen MR) is 81.0 cm³/mol. The molecule has 1 aromatic rings. The fourth-order valence-electron chi connectivity index (χ4n) is 2.01. The zero-order chi connectivity index (χ0) is 18.4. The van der Waals surface area contributed by atoms with Crippen molar-refractivity contribution < 1.29 is 39.9 Å². The first-order chi connectivity index (χ1) is 11.3. The van der Waals surface area contributed by atoms with Crippen LogP contribution in [0.25, 0.3) is 0 Å². The molecule has 4 unspecified atom stereocenters. The van der Waals surface area contributed by atoms with Crippen molar-refractivity contribution in [2.75, 3.05) is 20.8 Å². The topological polar surface area (TPSA) is 148 Å². The molecule has 9 heteroatoms. The van der Waals surface area contributed by atoms with E-state index in [9.17, 15) is 30.0 Å². The average Bonchev–Trinajstić information content (AvgIpc) is 2.63. The van der Waals surface area contributed by atoms with Crippen molar-refractivity contribution >= 4 is 11.9 Å². The van der Waals surface area contributed by atoms with Crippen molar-refractivity contribution in [2.24, 2.45) is 0 Å². The first kappa shape index (κ1) is 20.0. The molecule has 0 bridgehead atoms. The molecule has 1 amide bonds. The second-order valence-electron chi connectivity index (χ2n) is 5.10. The summed E-state index contributed by atoms with van der Waals surface area (Å²) < 4.78 is 4.58. The van der Waals surface area contributed by atoms with Crippen molar-refractivity contribution in [1.82, 2.24) is 4.90 Å². The van der Waals surface area contributed by atoms with Gasteiger partial charge in [-0.3, -0.25) is 4.79 Å². The summed E-state index contributed by atoms with van der Waals surface area (Å²) in [5.74, 6) is -1.56. The molecule has 24 heavy (non-hydrogen) atoms. The maximum absolute atomic E-state index is 12.4. The van der Waals surface area contributed by atoms with E-state index in [0.29, 0.717) is 4.90 Å². The van der Waals surface area contributed by atoms with Crippen molar-refractivity contribution in [3.63, 3.8) is 0 Å². The van der Waals surface area contributed by atoms with Gasteiger partial charge in [0, 0.05) is 7.05 Å². The molecule has 0 aliphatic carbocycles. The molecular weight excluding hydrogens is 322 g/mol. The lowest BCUT2D eigenvalue weighted by atomic mass is 10.0. The van der Waals surface area contributed by atoms with Gasteiger partial charge in [-0.05, 0) is 12.1 Å². The van der Waals surface area contributed by atoms with E-state index >= 15 is 0 Å². The Morgan fingerprint density at radius 1 is 1.08 bits per heavy atom. The summed E-state index contributed by atoms with van der Waals surface area (Å²) in [4.78, 5) is 24.8. The Balaban J connectivity index is 3.01. The van der Waals surface area contributed by atoms with Crippen LogP contribution < -0.4 is 0 Å². The standard InChI is InChI=1S/C15H21NO8/c1-16(14(22)12(20)11(19)10(18)7-17)13(21)8-5-3-4-6-9(8)15(23)24-2/h3-6,10-12,14,17-20,22H,7H2,1-2H3. The third-order valence-corrected chi connectivity index (χ3v) is 3.52. The van der Waals surface area contributed by atoms with Gasteiger partial charge in [0.2, 0.25) is 0 Å². The highest BCUT2D eigenvalue weighted by atomic mass is 16.5. The van der Waals surface area contributed by atoms with Crippen LogP contribution in [0, 0.1) is 0 Å². The summed E-state index contributed by atoms with van der Waals surface area (Å²) in [6.45, 7) is -0.840. The largest absolute Gasteiger partial charge is 0.465 e. The number of carbonyl (C=O) groups excluding carboxylic acids is 2. The van der Waals surface area contributed by atoms with Crippen LogP contribution in [0.15, 0.2) is 24.3 Å². The van der Waals surface area contributed by atoms with Gasteiger partial charge in [0.05, 0.1) is 24.8 Å². The molecule has 0 heterocycles. The molecule has 0 spiro atoms. The summed E-state index contributed by atoms with van der Waals surface area (Å²) in [6, 6.07) is 5.72. The molecule has 1 aromatic carbocycles. The Kier molecular flexibility index (Phi) is 7.26. The number of aliphatic hydroxyl groups is 5. The average molecular weight is 343 g/mol. The summed E-state index contributed by atoms with van der Waals surface area (Å²) in [5.41, 5.74) is -0.107. The van der Waals surface area contributed by atoms with Gasteiger partial charge in [-0.2, -0.15) is 0 Å². The second-order valence-corrected chi connectivity index (χ2v) is 5.10. The van der Waals surface area contributed by atoms with E-state index in [0.717, 1.165) is 14.2 Å². The van der Waals surface area contributed by atoms with Gasteiger partial charge in [0.15, 0.2) is 6.23 Å². The molecule has 5 N–H and O–H groups in total. The van der Waals surface area contributed by atoms with E-state index in [1.165, 1.54) is 24.3 Å². The van der Waals surface area contributed by atoms with Crippen LogP contribution >= 0.6 is 0 Å². The molecule has 9 nitrogen and oxygen atoms in total. The Bertz CT molecular complexity index is 578. The van der Waals surface area contributed by atoms with Gasteiger partial charge in [-0.25, -0.2) is 4.79 Å². The van der Waals surface area contributed by atoms with Crippen molar-refractivity contribution in [2.45, 2.75) is 24.5 Å². The maximum Gasteiger partial charge on any atom is 0.338 e. The number of rotatable bonds is 7. The number of hydrogen-bond acceptors (Lipinski definition) is 8. The van der Waals surface area contributed by atoms with Gasteiger partial charge in [0.1, 0.15) is 18.3 Å². The highest BCUT2D eigenvalue weighted by Gasteiger charge is 2.35. The number of amides is 1. The molecule has 0 radical (unpaired) electrons. The number of methoxy groups -OCH3 is 1. The Hall–Kier alpha value is -2.04. The minimum Gasteiger partial charge on any atom is -0.465 e. The number of nitrogens with zero attached hydrogens (tertiary/aromatic N) is 1. The van der Waals surface area contributed by atoms with Crippen molar-refractivity contribution in [1.29, 1.82) is 0 Å². The third-order valence-electron chi connectivity index (χ3n) is 3.52. The second kappa shape index (κ2) is 8.71. The molecule has 134 valence electrons. The van der Waals surface area contributed by atoms with E-state index < -0.39 is 43.0 Å². The van der Waals surface area contributed by atoms with Gasteiger partial charge in [-0.1, -0.05) is 12.1 Å². The van der Waals surface area contributed by atoms with Gasteiger partial charge in [0.25, 0.3) is 5.91 Å². The lowest BCUT2D eigenvalue weighted by molar-refractivity contribution is -0.143. The first-order valence-electron chi connectivity index (χ1n) is 7.03. The first-order valence-corrected chi connectivity index (χ1v) is 7.03. The summed E-state index contributed by atoms with van der Waals surface area (Å²) in [6.07, 6.45) is -7.40. The number of ether oxygens (including phenoxy) is 1. The van der Waals surface area contributed by atoms with Crippen molar-refractivity contribution in [3.8, 4) is 0 Å². The minimum atomic E-state index is -1.94.